The molecule has 1 unspecified atom stereocenters. The van der Waals surface area contributed by atoms with Gasteiger partial charge in [0.2, 0.25) is 0 Å². The van der Waals surface area contributed by atoms with Crippen LogP contribution in [0.5, 0.6) is 0 Å². The summed E-state index contributed by atoms with van der Waals surface area (Å²) in [7, 11) is 2.10. The monoisotopic (exact) mass is 343 g/mol. The van der Waals surface area contributed by atoms with E-state index >= 15 is 0 Å². The van der Waals surface area contributed by atoms with E-state index in [1.807, 2.05) is 24.1 Å². The molecule has 1 aliphatic carbocycles. The molecule has 0 bridgehead atoms. The van der Waals surface area contributed by atoms with Crippen LogP contribution in [0.15, 0.2) is 18.6 Å². The third-order valence-corrected chi connectivity index (χ3v) is 5.92. The van der Waals surface area contributed by atoms with E-state index < -0.39 is 6.10 Å². The fraction of sp³-hybridized carbons (Fsp3) is 0.611. The molecule has 1 saturated heterocycles. The molecular weight excluding hydrogens is 318 g/mol. The molecule has 0 spiro atoms. The van der Waals surface area contributed by atoms with Crippen LogP contribution < -0.4 is 4.90 Å². The number of carbonyl (C=O) groups excluding carboxylic acids is 1. The Balaban J connectivity index is 1.45. The van der Waals surface area contributed by atoms with E-state index in [4.69, 9.17) is 0 Å². The Kier molecular flexibility index (Phi) is 4.11. The summed E-state index contributed by atoms with van der Waals surface area (Å²) in [6.07, 6.45) is 5.25. The molecule has 25 heavy (non-hydrogen) atoms. The first-order chi connectivity index (χ1) is 12.1. The van der Waals surface area contributed by atoms with Crippen LogP contribution >= 0.6 is 0 Å². The van der Waals surface area contributed by atoms with Crippen LogP contribution in [0.3, 0.4) is 0 Å². The molecule has 2 aliphatic rings. The summed E-state index contributed by atoms with van der Waals surface area (Å²) in [5.74, 6) is 1.89. The van der Waals surface area contributed by atoms with Crippen LogP contribution in [-0.2, 0) is 4.79 Å². The van der Waals surface area contributed by atoms with Gasteiger partial charge in [0.1, 0.15) is 23.9 Å². The average Bonchev–Trinajstić information content (AvgIpc) is 3.32. The van der Waals surface area contributed by atoms with Crippen molar-refractivity contribution in [2.75, 3.05) is 25.0 Å². The Morgan fingerprint density at radius 2 is 2.12 bits per heavy atom. The second-order valence-corrected chi connectivity index (χ2v) is 7.36. The minimum absolute atomic E-state index is 0.105. The fourth-order valence-electron chi connectivity index (χ4n) is 4.46. The van der Waals surface area contributed by atoms with Gasteiger partial charge in [-0.3, -0.25) is 4.79 Å². The topological polar surface area (TPSA) is 85.3 Å². The summed E-state index contributed by atoms with van der Waals surface area (Å²) in [6.45, 7) is 3.39. The molecule has 0 radical (unpaired) electrons. The Labute approximate surface area is 147 Å². The number of aliphatic hydroxyl groups is 1. The molecule has 4 atom stereocenters. The van der Waals surface area contributed by atoms with Gasteiger partial charge in [-0.2, -0.15) is 0 Å². The molecule has 2 N–H and O–H groups in total. The van der Waals surface area contributed by atoms with Crippen molar-refractivity contribution in [1.82, 2.24) is 19.9 Å². The number of hydrogen-bond donors (Lipinski definition) is 2. The number of aromatic nitrogens is 3. The quantitative estimate of drug-likeness (QED) is 0.876. The maximum atomic E-state index is 12.2. The molecule has 7 nitrogen and oxygen atoms in total. The lowest BCUT2D eigenvalue weighted by Crippen LogP contribution is -2.39. The van der Waals surface area contributed by atoms with E-state index in [2.05, 4.69) is 26.9 Å². The van der Waals surface area contributed by atoms with Gasteiger partial charge >= 0.3 is 0 Å². The van der Waals surface area contributed by atoms with Crippen LogP contribution in [0.2, 0.25) is 0 Å². The molecule has 3 heterocycles. The smallest absolute Gasteiger partial charge is 0.251 e. The van der Waals surface area contributed by atoms with Gasteiger partial charge in [0, 0.05) is 32.4 Å². The summed E-state index contributed by atoms with van der Waals surface area (Å²) >= 11 is 0. The number of likely N-dealkylation sites (tertiary alicyclic amines) is 1. The van der Waals surface area contributed by atoms with E-state index in [-0.39, 0.29) is 5.91 Å². The summed E-state index contributed by atoms with van der Waals surface area (Å²) in [4.78, 5) is 28.2. The van der Waals surface area contributed by atoms with Gasteiger partial charge in [0.15, 0.2) is 0 Å². The first kappa shape index (κ1) is 16.3. The molecule has 134 valence electrons. The molecule has 2 aromatic rings. The number of fused-ring (bicyclic) bond motifs is 2. The highest BCUT2D eigenvalue weighted by molar-refractivity contribution is 5.87. The number of hydrogen-bond acceptors (Lipinski definition) is 5. The standard InChI is InChI=1S/C18H25N5O2/c1-3-15(24)18(25)23-8-11-6-13(7-12(11)9-23)22(2)17-14-4-5-19-16(14)20-10-21-17/h4-5,10-13,15,24H,3,6-9H2,1-2H3,(H,19,20,21)/t11-,12+,13?,15-/m1/s1. The Hall–Kier alpha value is -2.15. The van der Waals surface area contributed by atoms with E-state index in [0.29, 0.717) is 24.3 Å². The lowest BCUT2D eigenvalue weighted by atomic mass is 10.0. The van der Waals surface area contributed by atoms with E-state index in [9.17, 15) is 9.90 Å². The number of carbonyl (C=O) groups is 1. The maximum absolute atomic E-state index is 12.2. The zero-order chi connectivity index (χ0) is 17.6. The number of H-pyrrole nitrogens is 1. The van der Waals surface area contributed by atoms with Gasteiger partial charge in [0.05, 0.1) is 5.39 Å². The zero-order valence-electron chi connectivity index (χ0n) is 14.7. The minimum Gasteiger partial charge on any atom is -0.383 e. The Morgan fingerprint density at radius 3 is 2.80 bits per heavy atom. The molecule has 1 amide bonds. The van der Waals surface area contributed by atoms with E-state index in [0.717, 1.165) is 42.8 Å². The number of aliphatic hydroxyl groups excluding tert-OH is 1. The van der Waals surface area contributed by atoms with Gasteiger partial charge in [-0.1, -0.05) is 6.92 Å². The van der Waals surface area contributed by atoms with Crippen LogP contribution in [-0.4, -0.2) is 63.1 Å². The lowest BCUT2D eigenvalue weighted by Gasteiger charge is -2.28. The summed E-state index contributed by atoms with van der Waals surface area (Å²) < 4.78 is 0. The van der Waals surface area contributed by atoms with E-state index in [1.54, 1.807) is 6.33 Å². The third kappa shape index (κ3) is 2.76. The second kappa shape index (κ2) is 6.29. The van der Waals surface area contributed by atoms with Crippen LogP contribution in [0.4, 0.5) is 5.82 Å². The largest absolute Gasteiger partial charge is 0.383 e. The van der Waals surface area contributed by atoms with Crippen molar-refractivity contribution in [3.8, 4) is 0 Å². The highest BCUT2D eigenvalue weighted by atomic mass is 16.3. The van der Waals surface area contributed by atoms with Crippen molar-refractivity contribution < 1.29 is 9.90 Å². The van der Waals surface area contributed by atoms with Gasteiger partial charge in [-0.15, -0.1) is 0 Å². The summed E-state index contributed by atoms with van der Waals surface area (Å²) in [5.41, 5.74) is 0.861. The normalized spacial score (nSPS) is 26.8. The molecule has 2 aromatic heterocycles. The summed E-state index contributed by atoms with van der Waals surface area (Å²) in [6, 6.07) is 2.44. The zero-order valence-corrected chi connectivity index (χ0v) is 14.7. The van der Waals surface area contributed by atoms with Crippen LogP contribution in [0.25, 0.3) is 11.0 Å². The molecule has 1 saturated carbocycles. The number of aromatic amines is 1. The van der Waals surface area contributed by atoms with Crippen molar-refractivity contribution >= 4 is 22.8 Å². The van der Waals surface area contributed by atoms with Gasteiger partial charge in [-0.05, 0) is 37.2 Å². The van der Waals surface area contributed by atoms with Crippen molar-refractivity contribution in [3.63, 3.8) is 0 Å². The maximum Gasteiger partial charge on any atom is 0.251 e. The number of anilines is 1. The minimum atomic E-state index is -0.847. The molecule has 2 fully saturated rings. The van der Waals surface area contributed by atoms with Crippen molar-refractivity contribution in [2.45, 2.75) is 38.3 Å². The van der Waals surface area contributed by atoms with Gasteiger partial charge < -0.3 is 19.9 Å². The third-order valence-electron chi connectivity index (χ3n) is 5.92. The number of nitrogens with zero attached hydrogens (tertiary/aromatic N) is 4. The summed E-state index contributed by atoms with van der Waals surface area (Å²) in [5, 5.41) is 10.8. The first-order valence-corrected chi connectivity index (χ1v) is 9.06. The highest BCUT2D eigenvalue weighted by Crippen LogP contribution is 2.41. The number of nitrogens with one attached hydrogen (secondary N) is 1. The second-order valence-electron chi connectivity index (χ2n) is 7.36. The molecule has 1 aliphatic heterocycles. The van der Waals surface area contributed by atoms with E-state index in [1.165, 1.54) is 0 Å². The molecule has 0 aromatic carbocycles. The first-order valence-electron chi connectivity index (χ1n) is 9.06. The highest BCUT2D eigenvalue weighted by Gasteiger charge is 2.44. The van der Waals surface area contributed by atoms with Crippen LogP contribution in [0, 0.1) is 11.8 Å². The van der Waals surface area contributed by atoms with Crippen LogP contribution in [0.1, 0.15) is 26.2 Å². The Bertz CT molecular complexity index is 762. The van der Waals surface area contributed by atoms with Crippen molar-refractivity contribution in [2.24, 2.45) is 11.8 Å². The molecule has 4 rings (SSSR count). The SMILES string of the molecule is CC[C@@H](O)C(=O)N1C[C@H]2CC(N(C)c3ncnc4[nH]ccc34)C[C@H]2C1. The Morgan fingerprint density at radius 1 is 1.40 bits per heavy atom. The van der Waals surface area contributed by atoms with Crippen molar-refractivity contribution in [1.29, 1.82) is 0 Å². The average molecular weight is 343 g/mol. The fourth-order valence-corrected chi connectivity index (χ4v) is 4.46. The predicted molar refractivity (Wildman–Crippen MR) is 95.2 cm³/mol. The lowest BCUT2D eigenvalue weighted by molar-refractivity contribution is -0.139. The van der Waals surface area contributed by atoms with Gasteiger partial charge in [0.25, 0.3) is 5.91 Å². The molecule has 7 heteroatoms. The number of amides is 1. The predicted octanol–water partition coefficient (Wildman–Crippen LogP) is 1.40. The van der Waals surface area contributed by atoms with Crippen molar-refractivity contribution in [3.05, 3.63) is 18.6 Å². The molecular formula is C18H25N5O2. The number of rotatable bonds is 4. The van der Waals surface area contributed by atoms with Gasteiger partial charge in [-0.25, -0.2) is 9.97 Å².